The van der Waals surface area contributed by atoms with Crippen LogP contribution in [0.2, 0.25) is 0 Å². The highest BCUT2D eigenvalue weighted by atomic mass is 32.2. The molecule has 204 valence electrons. The Labute approximate surface area is 218 Å². The average Bonchev–Trinajstić information content (AvgIpc) is 2.87. The Bertz CT molecular complexity index is 1160. The number of hydrogen-bond donors (Lipinski definition) is 1. The average molecular weight is 538 g/mol. The fraction of sp³-hybridized carbons (Fsp3) is 0.462. The topological polar surface area (TPSA) is 105 Å². The Morgan fingerprint density at radius 3 is 2.22 bits per heavy atom. The van der Waals surface area contributed by atoms with Crippen LogP contribution in [-0.4, -0.2) is 64.7 Å². The molecule has 37 heavy (non-hydrogen) atoms. The van der Waals surface area contributed by atoms with Gasteiger partial charge >= 0.3 is 0 Å². The highest BCUT2D eigenvalue weighted by molar-refractivity contribution is 7.92. The maximum absolute atomic E-state index is 13.7. The molecule has 11 heteroatoms. The third-order valence-electron chi connectivity index (χ3n) is 5.82. The van der Waals surface area contributed by atoms with Crippen LogP contribution >= 0.6 is 0 Å². The van der Waals surface area contributed by atoms with Crippen molar-refractivity contribution in [2.45, 2.75) is 45.7 Å². The summed E-state index contributed by atoms with van der Waals surface area (Å²) in [4.78, 5) is 28.0. The molecule has 0 aliphatic heterocycles. The highest BCUT2D eigenvalue weighted by Crippen LogP contribution is 2.32. The van der Waals surface area contributed by atoms with E-state index in [0.717, 1.165) is 23.4 Å². The largest absolute Gasteiger partial charge is 0.493 e. The monoisotopic (exact) mass is 537 g/mol. The van der Waals surface area contributed by atoms with Gasteiger partial charge in [0.05, 0.1) is 26.2 Å². The van der Waals surface area contributed by atoms with Gasteiger partial charge < -0.3 is 19.7 Å². The number of carbonyl (C=O) groups excluding carboxylic acids is 2. The lowest BCUT2D eigenvalue weighted by atomic mass is 10.1. The fourth-order valence-electron chi connectivity index (χ4n) is 3.81. The van der Waals surface area contributed by atoms with Crippen LogP contribution < -0.4 is 19.1 Å². The van der Waals surface area contributed by atoms with E-state index >= 15 is 0 Å². The van der Waals surface area contributed by atoms with Gasteiger partial charge in [0.2, 0.25) is 21.8 Å². The fourth-order valence-corrected chi connectivity index (χ4v) is 4.65. The number of sulfonamides is 1. The number of amides is 2. The van der Waals surface area contributed by atoms with E-state index < -0.39 is 34.3 Å². The first-order valence-electron chi connectivity index (χ1n) is 12.1. The molecule has 0 unspecified atom stereocenters. The summed E-state index contributed by atoms with van der Waals surface area (Å²) in [5, 5.41) is 2.85. The van der Waals surface area contributed by atoms with Gasteiger partial charge in [-0.3, -0.25) is 13.9 Å². The number of anilines is 1. The standard InChI is InChI=1S/C26H36FN3O6S/c1-6-8-15-28-26(32)22(7-2)29(17-19-9-11-20(27)12-10-19)25(31)18-30(37(5,33)34)21-13-14-23(35-3)24(16-21)36-4/h9-14,16,22H,6-8,15,17-18H2,1-5H3,(H,28,32)/t22-/m0/s1. The molecular formula is C26H36FN3O6S. The van der Waals surface area contributed by atoms with Gasteiger partial charge in [0.1, 0.15) is 18.4 Å². The summed E-state index contributed by atoms with van der Waals surface area (Å²) in [6.07, 6.45) is 2.98. The van der Waals surface area contributed by atoms with E-state index in [1.54, 1.807) is 13.0 Å². The summed E-state index contributed by atoms with van der Waals surface area (Å²) in [5.41, 5.74) is 0.808. The summed E-state index contributed by atoms with van der Waals surface area (Å²) in [7, 11) is -1.02. The number of nitrogens with zero attached hydrogens (tertiary/aromatic N) is 2. The number of benzene rings is 2. The van der Waals surface area contributed by atoms with Crippen LogP contribution in [0.25, 0.3) is 0 Å². The molecule has 1 atom stereocenters. The quantitative estimate of drug-likeness (QED) is 0.371. The maximum atomic E-state index is 13.7. The van der Waals surface area contributed by atoms with Crippen molar-refractivity contribution >= 4 is 27.5 Å². The smallest absolute Gasteiger partial charge is 0.244 e. The molecular weight excluding hydrogens is 501 g/mol. The van der Waals surface area contributed by atoms with Crippen LogP contribution in [0.15, 0.2) is 42.5 Å². The number of ether oxygens (including phenoxy) is 2. The molecule has 0 aliphatic carbocycles. The normalized spacial score (nSPS) is 11.9. The van der Waals surface area contributed by atoms with Gasteiger partial charge in [0.15, 0.2) is 11.5 Å². The second kappa shape index (κ2) is 13.8. The minimum atomic E-state index is -3.90. The number of halogens is 1. The summed E-state index contributed by atoms with van der Waals surface area (Å²) < 4.78 is 50.4. The van der Waals surface area contributed by atoms with Gasteiger partial charge in [-0.05, 0) is 42.7 Å². The van der Waals surface area contributed by atoms with Gasteiger partial charge in [-0.2, -0.15) is 0 Å². The zero-order valence-electron chi connectivity index (χ0n) is 22.0. The van der Waals surface area contributed by atoms with Gasteiger partial charge in [0.25, 0.3) is 0 Å². The Morgan fingerprint density at radius 2 is 1.68 bits per heavy atom. The van der Waals surface area contributed by atoms with Crippen molar-refractivity contribution in [1.82, 2.24) is 10.2 Å². The van der Waals surface area contributed by atoms with Crippen molar-refractivity contribution in [2.24, 2.45) is 0 Å². The third-order valence-corrected chi connectivity index (χ3v) is 6.96. The van der Waals surface area contributed by atoms with Crippen LogP contribution in [-0.2, 0) is 26.2 Å². The molecule has 2 rings (SSSR count). The molecule has 0 radical (unpaired) electrons. The van der Waals surface area contributed by atoms with Crippen LogP contribution in [0.3, 0.4) is 0 Å². The number of unbranched alkanes of at least 4 members (excludes halogenated alkanes) is 1. The number of methoxy groups -OCH3 is 2. The van der Waals surface area contributed by atoms with Crippen molar-refractivity contribution in [3.63, 3.8) is 0 Å². The molecule has 0 aromatic heterocycles. The number of nitrogens with one attached hydrogen (secondary N) is 1. The molecule has 2 aromatic carbocycles. The van der Waals surface area contributed by atoms with Crippen LogP contribution in [0.4, 0.5) is 10.1 Å². The predicted octanol–water partition coefficient (Wildman–Crippen LogP) is 3.33. The summed E-state index contributed by atoms with van der Waals surface area (Å²) >= 11 is 0. The van der Waals surface area contributed by atoms with Crippen molar-refractivity contribution in [1.29, 1.82) is 0 Å². The Balaban J connectivity index is 2.44. The highest BCUT2D eigenvalue weighted by Gasteiger charge is 2.32. The zero-order chi connectivity index (χ0) is 27.6. The Kier molecular flexibility index (Phi) is 11.2. The van der Waals surface area contributed by atoms with E-state index in [2.05, 4.69) is 5.32 Å². The lowest BCUT2D eigenvalue weighted by Crippen LogP contribution is -2.52. The van der Waals surface area contributed by atoms with Gasteiger partial charge in [-0.15, -0.1) is 0 Å². The lowest BCUT2D eigenvalue weighted by molar-refractivity contribution is -0.140. The minimum Gasteiger partial charge on any atom is -0.493 e. The molecule has 0 bridgehead atoms. The predicted molar refractivity (Wildman–Crippen MR) is 141 cm³/mol. The van der Waals surface area contributed by atoms with Crippen molar-refractivity contribution in [3.05, 3.63) is 53.8 Å². The van der Waals surface area contributed by atoms with E-state index in [-0.39, 0.29) is 18.1 Å². The van der Waals surface area contributed by atoms with E-state index in [1.165, 1.54) is 55.5 Å². The van der Waals surface area contributed by atoms with E-state index in [9.17, 15) is 22.4 Å². The maximum Gasteiger partial charge on any atom is 0.244 e. The molecule has 0 saturated carbocycles. The van der Waals surface area contributed by atoms with Crippen molar-refractivity contribution < 1.29 is 31.9 Å². The molecule has 0 saturated heterocycles. The molecule has 9 nitrogen and oxygen atoms in total. The molecule has 1 N–H and O–H groups in total. The molecule has 2 amide bonds. The van der Waals surface area contributed by atoms with E-state index in [4.69, 9.17) is 9.47 Å². The number of carbonyl (C=O) groups is 2. The van der Waals surface area contributed by atoms with Gasteiger partial charge in [-0.25, -0.2) is 12.8 Å². The van der Waals surface area contributed by atoms with Crippen molar-refractivity contribution in [3.8, 4) is 11.5 Å². The van der Waals surface area contributed by atoms with Gasteiger partial charge in [-0.1, -0.05) is 32.4 Å². The zero-order valence-corrected chi connectivity index (χ0v) is 22.8. The van der Waals surface area contributed by atoms with E-state index in [1.807, 2.05) is 6.92 Å². The first-order valence-corrected chi connectivity index (χ1v) is 13.9. The molecule has 0 fully saturated rings. The summed E-state index contributed by atoms with van der Waals surface area (Å²) in [6, 6.07) is 9.27. The van der Waals surface area contributed by atoms with Gasteiger partial charge in [0, 0.05) is 19.2 Å². The number of rotatable bonds is 14. The minimum absolute atomic E-state index is 0.00233. The molecule has 0 heterocycles. The molecule has 0 spiro atoms. The van der Waals surface area contributed by atoms with Crippen molar-refractivity contribution in [2.75, 3.05) is 37.9 Å². The third kappa shape index (κ3) is 8.34. The number of hydrogen-bond acceptors (Lipinski definition) is 6. The van der Waals surface area contributed by atoms with E-state index in [0.29, 0.717) is 30.0 Å². The second-order valence-corrected chi connectivity index (χ2v) is 10.4. The lowest BCUT2D eigenvalue weighted by Gasteiger charge is -2.33. The van der Waals surface area contributed by atoms with Crippen LogP contribution in [0.5, 0.6) is 11.5 Å². The first-order chi connectivity index (χ1) is 17.5. The van der Waals surface area contributed by atoms with Crippen LogP contribution in [0, 0.1) is 5.82 Å². The Hall–Kier alpha value is -3.34. The Morgan fingerprint density at radius 1 is 1.03 bits per heavy atom. The van der Waals surface area contributed by atoms with Crippen LogP contribution in [0.1, 0.15) is 38.7 Å². The summed E-state index contributed by atoms with van der Waals surface area (Å²) in [5.74, 6) is -0.641. The molecule has 0 aliphatic rings. The second-order valence-electron chi connectivity index (χ2n) is 8.53. The molecule has 2 aromatic rings. The summed E-state index contributed by atoms with van der Waals surface area (Å²) in [6.45, 7) is 3.70. The first kappa shape index (κ1) is 29.9. The SMILES string of the molecule is CCCCNC(=O)[C@H](CC)N(Cc1ccc(F)cc1)C(=O)CN(c1ccc(OC)c(OC)c1)S(C)(=O)=O.